The van der Waals surface area contributed by atoms with Gasteiger partial charge in [0.25, 0.3) is 0 Å². The summed E-state index contributed by atoms with van der Waals surface area (Å²) in [6.07, 6.45) is 2.59. The van der Waals surface area contributed by atoms with Gasteiger partial charge in [0.1, 0.15) is 0 Å². The van der Waals surface area contributed by atoms with E-state index in [-0.39, 0.29) is 0 Å². The number of hydrogen-bond acceptors (Lipinski definition) is 2. The van der Waals surface area contributed by atoms with E-state index in [9.17, 15) is 0 Å². The van der Waals surface area contributed by atoms with Gasteiger partial charge in [-0.15, -0.1) is 0 Å². The summed E-state index contributed by atoms with van der Waals surface area (Å²) in [6.45, 7) is 1.53. The highest BCUT2D eigenvalue weighted by Gasteiger charge is 2.27. The highest BCUT2D eigenvalue weighted by molar-refractivity contribution is 9.10. The standard InChI is InChI=1S/C12H16BrNO/c13-11-5-2-1-4-9(11)10(8-14)12-6-3-7-15-12/h1-2,4-5,10,12H,3,6-8,14H2. The van der Waals surface area contributed by atoms with Gasteiger partial charge >= 0.3 is 0 Å². The van der Waals surface area contributed by atoms with E-state index in [1.807, 2.05) is 6.07 Å². The Labute approximate surface area is 98.9 Å². The molecule has 0 aromatic heterocycles. The molecule has 0 radical (unpaired) electrons. The van der Waals surface area contributed by atoms with E-state index in [4.69, 9.17) is 10.5 Å². The zero-order valence-electron chi connectivity index (χ0n) is 8.66. The molecule has 82 valence electrons. The maximum absolute atomic E-state index is 5.85. The van der Waals surface area contributed by atoms with Crippen LogP contribution in [0.25, 0.3) is 0 Å². The Kier molecular flexibility index (Phi) is 3.78. The maximum Gasteiger partial charge on any atom is 0.0657 e. The molecule has 0 saturated carbocycles. The van der Waals surface area contributed by atoms with Crippen molar-refractivity contribution in [3.8, 4) is 0 Å². The molecule has 1 aliphatic heterocycles. The quantitative estimate of drug-likeness (QED) is 0.916. The molecular weight excluding hydrogens is 254 g/mol. The largest absolute Gasteiger partial charge is 0.378 e. The molecule has 1 aliphatic rings. The first-order valence-corrected chi connectivity index (χ1v) is 6.18. The van der Waals surface area contributed by atoms with E-state index >= 15 is 0 Å². The maximum atomic E-state index is 5.85. The zero-order valence-corrected chi connectivity index (χ0v) is 10.2. The van der Waals surface area contributed by atoms with E-state index in [0.717, 1.165) is 23.9 Å². The minimum absolute atomic E-state index is 0.300. The molecule has 2 atom stereocenters. The van der Waals surface area contributed by atoms with Crippen LogP contribution in [-0.4, -0.2) is 19.3 Å². The first-order valence-electron chi connectivity index (χ1n) is 5.39. The Balaban J connectivity index is 2.22. The van der Waals surface area contributed by atoms with Crippen molar-refractivity contribution in [2.45, 2.75) is 24.9 Å². The second-order valence-electron chi connectivity index (χ2n) is 3.92. The minimum Gasteiger partial charge on any atom is -0.378 e. The average Bonchev–Trinajstić information content (AvgIpc) is 2.75. The molecule has 2 N–H and O–H groups in total. The van der Waals surface area contributed by atoms with Crippen molar-refractivity contribution in [3.05, 3.63) is 34.3 Å². The first-order chi connectivity index (χ1) is 7.33. The van der Waals surface area contributed by atoms with Crippen LogP contribution in [0.1, 0.15) is 24.3 Å². The summed E-state index contributed by atoms with van der Waals surface area (Å²) < 4.78 is 6.85. The number of halogens is 1. The van der Waals surface area contributed by atoms with Gasteiger partial charge in [0, 0.05) is 23.5 Å². The lowest BCUT2D eigenvalue weighted by Crippen LogP contribution is -2.25. The normalized spacial score (nSPS) is 22.9. The van der Waals surface area contributed by atoms with Crippen LogP contribution in [0.3, 0.4) is 0 Å². The van der Waals surface area contributed by atoms with Gasteiger partial charge < -0.3 is 10.5 Å². The van der Waals surface area contributed by atoms with Gasteiger partial charge in [0.15, 0.2) is 0 Å². The Hall–Kier alpha value is -0.380. The van der Waals surface area contributed by atoms with Gasteiger partial charge in [-0.3, -0.25) is 0 Å². The van der Waals surface area contributed by atoms with E-state index in [0.29, 0.717) is 18.6 Å². The summed E-state index contributed by atoms with van der Waals surface area (Å²) in [7, 11) is 0. The third-order valence-electron chi connectivity index (χ3n) is 2.97. The molecule has 2 unspecified atom stereocenters. The molecule has 2 nitrogen and oxygen atoms in total. The van der Waals surface area contributed by atoms with Crippen molar-refractivity contribution < 1.29 is 4.74 Å². The lowest BCUT2D eigenvalue weighted by atomic mass is 9.92. The number of hydrogen-bond donors (Lipinski definition) is 1. The Morgan fingerprint density at radius 1 is 1.47 bits per heavy atom. The summed E-state index contributed by atoms with van der Waals surface area (Å²) >= 11 is 3.57. The molecule has 1 aromatic rings. The monoisotopic (exact) mass is 269 g/mol. The summed E-state index contributed by atoms with van der Waals surface area (Å²) in [5, 5.41) is 0. The molecule has 0 bridgehead atoms. The summed E-state index contributed by atoms with van der Waals surface area (Å²) in [5.74, 6) is 0.322. The molecule has 0 spiro atoms. The third-order valence-corrected chi connectivity index (χ3v) is 3.69. The van der Waals surface area contributed by atoms with Gasteiger partial charge in [-0.1, -0.05) is 34.1 Å². The van der Waals surface area contributed by atoms with Gasteiger partial charge in [-0.05, 0) is 24.5 Å². The number of nitrogens with two attached hydrogens (primary N) is 1. The Morgan fingerprint density at radius 2 is 2.27 bits per heavy atom. The molecule has 0 aliphatic carbocycles. The zero-order chi connectivity index (χ0) is 10.7. The van der Waals surface area contributed by atoms with Crippen LogP contribution < -0.4 is 5.73 Å². The SMILES string of the molecule is NCC(c1ccccc1Br)C1CCCO1. The molecule has 1 fully saturated rings. The number of benzene rings is 1. The van der Waals surface area contributed by atoms with Crippen molar-refractivity contribution >= 4 is 15.9 Å². The number of ether oxygens (including phenoxy) is 1. The highest BCUT2D eigenvalue weighted by atomic mass is 79.9. The van der Waals surface area contributed by atoms with Gasteiger partial charge in [0.05, 0.1) is 6.10 Å². The highest BCUT2D eigenvalue weighted by Crippen LogP contribution is 2.32. The third kappa shape index (κ3) is 2.41. The molecule has 3 heteroatoms. The van der Waals surface area contributed by atoms with Crippen molar-refractivity contribution in [1.29, 1.82) is 0 Å². The fourth-order valence-corrected chi connectivity index (χ4v) is 2.75. The van der Waals surface area contributed by atoms with Gasteiger partial charge in [-0.25, -0.2) is 0 Å². The van der Waals surface area contributed by atoms with Crippen LogP contribution in [-0.2, 0) is 4.74 Å². The fourth-order valence-electron chi connectivity index (χ4n) is 2.17. The van der Waals surface area contributed by atoms with Crippen LogP contribution in [0.4, 0.5) is 0 Å². The van der Waals surface area contributed by atoms with Crippen molar-refractivity contribution in [3.63, 3.8) is 0 Å². The molecule has 2 rings (SSSR count). The van der Waals surface area contributed by atoms with E-state index in [1.165, 1.54) is 5.56 Å². The second-order valence-corrected chi connectivity index (χ2v) is 4.77. The summed E-state index contributed by atoms with van der Waals surface area (Å²) in [4.78, 5) is 0. The first kappa shape index (κ1) is 11.1. The average molecular weight is 270 g/mol. The van der Waals surface area contributed by atoms with E-state index in [1.54, 1.807) is 0 Å². The van der Waals surface area contributed by atoms with Crippen LogP contribution in [0.2, 0.25) is 0 Å². The molecular formula is C12H16BrNO. The Bertz CT molecular complexity index is 323. The molecule has 15 heavy (non-hydrogen) atoms. The van der Waals surface area contributed by atoms with Crippen molar-refractivity contribution in [2.75, 3.05) is 13.2 Å². The van der Waals surface area contributed by atoms with Crippen LogP contribution >= 0.6 is 15.9 Å². The van der Waals surface area contributed by atoms with Gasteiger partial charge in [0.2, 0.25) is 0 Å². The molecule has 1 heterocycles. The minimum atomic E-state index is 0.300. The predicted molar refractivity (Wildman–Crippen MR) is 64.9 cm³/mol. The topological polar surface area (TPSA) is 35.2 Å². The summed E-state index contributed by atoms with van der Waals surface area (Å²) in [6, 6.07) is 8.27. The van der Waals surface area contributed by atoms with Crippen LogP contribution in [0.5, 0.6) is 0 Å². The Morgan fingerprint density at radius 3 is 2.87 bits per heavy atom. The summed E-state index contributed by atoms with van der Waals surface area (Å²) in [5.41, 5.74) is 7.12. The molecule has 0 amide bonds. The molecule has 1 aromatic carbocycles. The van der Waals surface area contributed by atoms with Crippen LogP contribution in [0, 0.1) is 0 Å². The van der Waals surface area contributed by atoms with E-state index in [2.05, 4.69) is 34.1 Å². The smallest absolute Gasteiger partial charge is 0.0657 e. The molecule has 1 saturated heterocycles. The lowest BCUT2D eigenvalue weighted by molar-refractivity contribution is 0.0903. The van der Waals surface area contributed by atoms with Crippen LogP contribution in [0.15, 0.2) is 28.7 Å². The fraction of sp³-hybridized carbons (Fsp3) is 0.500. The van der Waals surface area contributed by atoms with E-state index < -0.39 is 0 Å². The van der Waals surface area contributed by atoms with Gasteiger partial charge in [-0.2, -0.15) is 0 Å². The van der Waals surface area contributed by atoms with Crippen molar-refractivity contribution in [1.82, 2.24) is 0 Å². The number of rotatable bonds is 3. The lowest BCUT2D eigenvalue weighted by Gasteiger charge is -2.22. The predicted octanol–water partition coefficient (Wildman–Crippen LogP) is 2.67. The van der Waals surface area contributed by atoms with Crippen molar-refractivity contribution in [2.24, 2.45) is 5.73 Å². The second kappa shape index (κ2) is 5.10.